The predicted octanol–water partition coefficient (Wildman–Crippen LogP) is 3.71. The third-order valence-electron chi connectivity index (χ3n) is 3.22. The molecule has 0 fully saturated rings. The van der Waals surface area contributed by atoms with Crippen molar-refractivity contribution < 1.29 is 23.8 Å². The zero-order valence-electron chi connectivity index (χ0n) is 14.8. The lowest BCUT2D eigenvalue weighted by Crippen LogP contribution is -2.06. The zero-order chi connectivity index (χ0) is 17.7. The Morgan fingerprint density at radius 1 is 0.826 bits per heavy atom. The number of rotatable bonds is 10. The average molecular weight is 324 g/mol. The second-order valence-electron chi connectivity index (χ2n) is 5.24. The number of methoxy groups -OCH3 is 2. The largest absolute Gasteiger partial charge is 0.490 e. The SMILES string of the molecule is COC(=O)/C(=C\CC/C(C)=C/CC/C(C)=C/COC(C)=O)OC. The monoisotopic (exact) mass is 324 g/mol. The van der Waals surface area contributed by atoms with Crippen LogP contribution in [0.15, 0.2) is 35.1 Å². The Balaban J connectivity index is 4.14. The second-order valence-corrected chi connectivity index (χ2v) is 5.24. The molecule has 23 heavy (non-hydrogen) atoms. The molecular weight excluding hydrogens is 296 g/mol. The van der Waals surface area contributed by atoms with Gasteiger partial charge in [-0.3, -0.25) is 4.79 Å². The Hall–Kier alpha value is -2.04. The molecule has 0 aliphatic carbocycles. The number of esters is 2. The molecule has 0 amide bonds. The number of hydrogen-bond acceptors (Lipinski definition) is 5. The Morgan fingerprint density at radius 3 is 1.91 bits per heavy atom. The summed E-state index contributed by atoms with van der Waals surface area (Å²) in [5, 5.41) is 0. The lowest BCUT2D eigenvalue weighted by atomic mass is 10.1. The van der Waals surface area contributed by atoms with Gasteiger partial charge in [0.05, 0.1) is 14.2 Å². The highest BCUT2D eigenvalue weighted by Crippen LogP contribution is 2.12. The van der Waals surface area contributed by atoms with Crippen LogP contribution in [0.25, 0.3) is 0 Å². The first-order chi connectivity index (χ1) is 10.9. The molecular formula is C18H28O5. The van der Waals surface area contributed by atoms with Gasteiger partial charge in [0, 0.05) is 6.92 Å². The summed E-state index contributed by atoms with van der Waals surface area (Å²) >= 11 is 0. The Kier molecular flexibility index (Phi) is 11.4. The van der Waals surface area contributed by atoms with Gasteiger partial charge in [-0.05, 0) is 51.7 Å². The summed E-state index contributed by atoms with van der Waals surface area (Å²) in [6, 6.07) is 0. The van der Waals surface area contributed by atoms with Gasteiger partial charge in [-0.2, -0.15) is 0 Å². The first-order valence-electron chi connectivity index (χ1n) is 7.67. The highest BCUT2D eigenvalue weighted by atomic mass is 16.6. The van der Waals surface area contributed by atoms with Crippen molar-refractivity contribution in [3.8, 4) is 0 Å². The number of allylic oxidation sites excluding steroid dienone is 4. The van der Waals surface area contributed by atoms with Gasteiger partial charge >= 0.3 is 11.9 Å². The van der Waals surface area contributed by atoms with Crippen molar-refractivity contribution >= 4 is 11.9 Å². The van der Waals surface area contributed by atoms with Crippen LogP contribution in [-0.2, 0) is 23.8 Å². The van der Waals surface area contributed by atoms with Gasteiger partial charge < -0.3 is 14.2 Å². The number of hydrogen-bond donors (Lipinski definition) is 0. The molecule has 0 saturated heterocycles. The van der Waals surface area contributed by atoms with Gasteiger partial charge in [0.1, 0.15) is 6.61 Å². The third-order valence-corrected chi connectivity index (χ3v) is 3.22. The molecule has 130 valence electrons. The van der Waals surface area contributed by atoms with E-state index < -0.39 is 5.97 Å². The highest BCUT2D eigenvalue weighted by molar-refractivity contribution is 5.85. The van der Waals surface area contributed by atoms with E-state index >= 15 is 0 Å². The van der Waals surface area contributed by atoms with E-state index in [1.807, 2.05) is 13.0 Å². The van der Waals surface area contributed by atoms with Crippen molar-refractivity contribution in [2.24, 2.45) is 0 Å². The Labute approximate surface area is 139 Å². The fraction of sp³-hybridized carbons (Fsp3) is 0.556. The minimum Gasteiger partial charge on any atom is -0.490 e. The van der Waals surface area contributed by atoms with Crippen LogP contribution in [0.2, 0.25) is 0 Å². The molecule has 5 nitrogen and oxygen atoms in total. The molecule has 0 aromatic rings. The Morgan fingerprint density at radius 2 is 1.39 bits per heavy atom. The first-order valence-corrected chi connectivity index (χ1v) is 7.67. The molecule has 0 radical (unpaired) electrons. The van der Waals surface area contributed by atoms with E-state index in [0.717, 1.165) is 25.7 Å². The summed E-state index contributed by atoms with van der Waals surface area (Å²) < 4.78 is 14.5. The molecule has 0 aromatic carbocycles. The second kappa shape index (κ2) is 12.5. The molecule has 0 atom stereocenters. The van der Waals surface area contributed by atoms with E-state index in [1.165, 1.54) is 32.3 Å². The predicted molar refractivity (Wildman–Crippen MR) is 89.7 cm³/mol. The van der Waals surface area contributed by atoms with Gasteiger partial charge in [-0.15, -0.1) is 0 Å². The molecule has 5 heteroatoms. The third kappa shape index (κ3) is 11.2. The summed E-state index contributed by atoms with van der Waals surface area (Å²) in [5.74, 6) is -0.479. The molecule has 0 heterocycles. The van der Waals surface area contributed by atoms with Crippen molar-refractivity contribution in [1.82, 2.24) is 0 Å². The minimum atomic E-state index is -0.456. The first kappa shape index (κ1) is 21.0. The maximum Gasteiger partial charge on any atom is 0.372 e. The number of carbonyl (C=O) groups excluding carboxylic acids is 2. The molecule has 0 saturated carbocycles. The number of ether oxygens (including phenoxy) is 3. The van der Waals surface area contributed by atoms with Crippen LogP contribution in [-0.4, -0.2) is 32.8 Å². The van der Waals surface area contributed by atoms with Crippen molar-refractivity contribution in [2.75, 3.05) is 20.8 Å². The normalized spacial score (nSPS) is 12.8. The summed E-state index contributed by atoms with van der Waals surface area (Å²) in [6.07, 6.45) is 9.30. The quantitative estimate of drug-likeness (QED) is 0.265. The minimum absolute atomic E-state index is 0.240. The Bertz CT molecular complexity index is 472. The summed E-state index contributed by atoms with van der Waals surface area (Å²) in [6.45, 7) is 5.83. The van der Waals surface area contributed by atoms with Crippen LogP contribution < -0.4 is 0 Å². The average Bonchev–Trinajstić information content (AvgIpc) is 2.50. The van der Waals surface area contributed by atoms with Crippen LogP contribution in [0.3, 0.4) is 0 Å². The van der Waals surface area contributed by atoms with Gasteiger partial charge in [0.25, 0.3) is 0 Å². The molecule has 0 rings (SSSR count). The van der Waals surface area contributed by atoms with Gasteiger partial charge in [0.2, 0.25) is 0 Å². The van der Waals surface area contributed by atoms with Crippen LogP contribution >= 0.6 is 0 Å². The lowest BCUT2D eigenvalue weighted by molar-refractivity contribution is -0.140. The smallest absolute Gasteiger partial charge is 0.372 e. The van der Waals surface area contributed by atoms with Gasteiger partial charge in [0.15, 0.2) is 5.76 Å². The van der Waals surface area contributed by atoms with Crippen LogP contribution in [0.5, 0.6) is 0 Å². The van der Waals surface area contributed by atoms with Crippen LogP contribution in [0.4, 0.5) is 0 Å². The fourth-order valence-corrected chi connectivity index (χ4v) is 1.83. The summed E-state index contributed by atoms with van der Waals surface area (Å²) in [4.78, 5) is 22.0. The summed E-state index contributed by atoms with van der Waals surface area (Å²) in [5.41, 5.74) is 2.46. The maximum atomic E-state index is 11.3. The van der Waals surface area contributed by atoms with Crippen molar-refractivity contribution in [3.05, 3.63) is 35.1 Å². The molecule has 0 bridgehead atoms. The number of carbonyl (C=O) groups is 2. The molecule has 0 aromatic heterocycles. The summed E-state index contributed by atoms with van der Waals surface area (Å²) in [7, 11) is 2.79. The van der Waals surface area contributed by atoms with Crippen LogP contribution in [0, 0.1) is 0 Å². The molecule has 0 aliphatic heterocycles. The lowest BCUT2D eigenvalue weighted by Gasteiger charge is -2.04. The molecule has 0 aliphatic rings. The van der Waals surface area contributed by atoms with Crippen molar-refractivity contribution in [2.45, 2.75) is 46.5 Å². The standard InChI is InChI=1S/C18H28O5/c1-14(10-7-11-17(21-4)18(20)22-5)8-6-9-15(2)12-13-23-16(3)19/h8,11-12H,6-7,9-10,13H2,1-5H3/b14-8+,15-12+,17-11+. The molecule has 0 N–H and O–H groups in total. The zero-order valence-corrected chi connectivity index (χ0v) is 14.8. The van der Waals surface area contributed by atoms with E-state index in [0.29, 0.717) is 6.61 Å². The van der Waals surface area contributed by atoms with E-state index in [1.54, 1.807) is 6.08 Å². The molecule has 0 spiro atoms. The van der Waals surface area contributed by atoms with Crippen molar-refractivity contribution in [1.29, 1.82) is 0 Å². The van der Waals surface area contributed by atoms with Crippen molar-refractivity contribution in [3.63, 3.8) is 0 Å². The van der Waals surface area contributed by atoms with E-state index in [2.05, 4.69) is 17.7 Å². The fourth-order valence-electron chi connectivity index (χ4n) is 1.83. The van der Waals surface area contributed by atoms with E-state index in [4.69, 9.17) is 9.47 Å². The van der Waals surface area contributed by atoms with Gasteiger partial charge in [-0.1, -0.05) is 17.2 Å². The van der Waals surface area contributed by atoms with Gasteiger partial charge in [-0.25, -0.2) is 4.79 Å². The van der Waals surface area contributed by atoms with E-state index in [-0.39, 0.29) is 11.7 Å². The van der Waals surface area contributed by atoms with Crippen LogP contribution in [0.1, 0.15) is 46.5 Å². The molecule has 0 unspecified atom stereocenters. The van der Waals surface area contributed by atoms with E-state index in [9.17, 15) is 9.59 Å². The topological polar surface area (TPSA) is 61.8 Å². The maximum absolute atomic E-state index is 11.3. The highest BCUT2D eigenvalue weighted by Gasteiger charge is 2.08.